The fraction of sp³-hybridized carbons (Fsp3) is 0.0588. The SMILES string of the molecule is O=C1C2=C(c3ccccc31)C(c1cccc(Cl)c1)NC(=S)N2. The normalized spacial score (nSPS) is 19.4. The Kier molecular flexibility index (Phi) is 3.03. The van der Waals surface area contributed by atoms with Gasteiger partial charge < -0.3 is 10.6 Å². The maximum absolute atomic E-state index is 12.6. The van der Waals surface area contributed by atoms with E-state index >= 15 is 0 Å². The molecule has 108 valence electrons. The van der Waals surface area contributed by atoms with Crippen molar-refractivity contribution >= 4 is 40.3 Å². The number of nitrogens with one attached hydrogen (secondary N) is 2. The minimum Gasteiger partial charge on any atom is -0.351 e. The first-order valence-corrected chi connectivity index (χ1v) is 7.65. The summed E-state index contributed by atoms with van der Waals surface area (Å²) in [7, 11) is 0. The van der Waals surface area contributed by atoms with Crippen molar-refractivity contribution in [3.8, 4) is 0 Å². The first kappa shape index (κ1) is 13.5. The lowest BCUT2D eigenvalue weighted by molar-refractivity contribution is 0.103. The number of carbonyl (C=O) groups is 1. The number of fused-ring (bicyclic) bond motifs is 2. The Morgan fingerprint density at radius 1 is 1.05 bits per heavy atom. The van der Waals surface area contributed by atoms with E-state index in [0.717, 1.165) is 16.7 Å². The van der Waals surface area contributed by atoms with Crippen molar-refractivity contribution in [2.75, 3.05) is 0 Å². The molecule has 1 aliphatic heterocycles. The summed E-state index contributed by atoms with van der Waals surface area (Å²) in [6.45, 7) is 0. The molecule has 2 aromatic rings. The Morgan fingerprint density at radius 2 is 1.82 bits per heavy atom. The fourth-order valence-electron chi connectivity index (χ4n) is 3.02. The Bertz CT molecular complexity index is 859. The predicted molar refractivity (Wildman–Crippen MR) is 90.8 cm³/mol. The quantitative estimate of drug-likeness (QED) is 0.787. The summed E-state index contributed by atoms with van der Waals surface area (Å²) in [5.41, 5.74) is 4.12. The van der Waals surface area contributed by atoms with Gasteiger partial charge in [0.15, 0.2) is 5.11 Å². The summed E-state index contributed by atoms with van der Waals surface area (Å²) >= 11 is 11.4. The molecule has 2 aliphatic rings. The minimum atomic E-state index is -0.185. The van der Waals surface area contributed by atoms with Crippen LogP contribution in [-0.2, 0) is 0 Å². The van der Waals surface area contributed by atoms with E-state index in [-0.39, 0.29) is 11.8 Å². The number of allylic oxidation sites excluding steroid dienone is 1. The zero-order valence-corrected chi connectivity index (χ0v) is 13.0. The molecule has 0 saturated carbocycles. The average Bonchev–Trinajstić information content (AvgIpc) is 2.80. The number of thiocarbonyl (C=S) groups is 1. The molecule has 4 rings (SSSR count). The van der Waals surface area contributed by atoms with E-state index in [9.17, 15) is 4.79 Å². The Balaban J connectivity index is 1.93. The topological polar surface area (TPSA) is 41.1 Å². The molecule has 2 aromatic carbocycles. The summed E-state index contributed by atoms with van der Waals surface area (Å²) in [4.78, 5) is 12.6. The number of carbonyl (C=O) groups excluding carboxylic acids is 1. The number of rotatable bonds is 1. The highest BCUT2D eigenvalue weighted by molar-refractivity contribution is 7.80. The molecule has 0 radical (unpaired) electrons. The van der Waals surface area contributed by atoms with Crippen molar-refractivity contribution in [1.82, 2.24) is 10.6 Å². The van der Waals surface area contributed by atoms with Crippen LogP contribution in [0.3, 0.4) is 0 Å². The molecule has 2 N–H and O–H groups in total. The highest BCUT2D eigenvalue weighted by Gasteiger charge is 2.38. The maximum atomic E-state index is 12.6. The molecular formula is C17H11ClN2OS. The van der Waals surface area contributed by atoms with E-state index in [2.05, 4.69) is 10.6 Å². The standard InChI is InChI=1S/C17H11ClN2OS/c18-10-5-3-4-9(8-10)14-13-11-6-1-2-7-12(11)16(21)15(13)20-17(22)19-14/h1-8,14H,(H2,19,20,22). The van der Waals surface area contributed by atoms with Crippen molar-refractivity contribution in [2.24, 2.45) is 0 Å². The third-order valence-corrected chi connectivity index (χ3v) is 4.40. The number of Topliss-reactive ketones (excluding diaryl/α,β-unsaturated/α-hetero) is 1. The molecule has 0 fully saturated rings. The second kappa shape index (κ2) is 4.93. The summed E-state index contributed by atoms with van der Waals surface area (Å²) < 4.78 is 0. The van der Waals surface area contributed by atoms with Gasteiger partial charge in [0, 0.05) is 16.2 Å². The van der Waals surface area contributed by atoms with Crippen LogP contribution in [0.25, 0.3) is 5.57 Å². The van der Waals surface area contributed by atoms with E-state index in [0.29, 0.717) is 21.4 Å². The molecule has 1 unspecified atom stereocenters. The third kappa shape index (κ3) is 1.95. The summed E-state index contributed by atoms with van der Waals surface area (Å²) in [6, 6.07) is 15.0. The van der Waals surface area contributed by atoms with Crippen LogP contribution in [-0.4, -0.2) is 10.9 Å². The van der Waals surface area contributed by atoms with Crippen molar-refractivity contribution < 1.29 is 4.79 Å². The van der Waals surface area contributed by atoms with Crippen LogP contribution in [0.1, 0.15) is 27.5 Å². The van der Waals surface area contributed by atoms with Crippen LogP contribution in [0.5, 0.6) is 0 Å². The second-order valence-electron chi connectivity index (χ2n) is 5.25. The monoisotopic (exact) mass is 326 g/mol. The Hall–Kier alpha value is -2.17. The molecular weight excluding hydrogens is 316 g/mol. The third-order valence-electron chi connectivity index (χ3n) is 3.94. The lowest BCUT2D eigenvalue weighted by Crippen LogP contribution is -2.43. The van der Waals surface area contributed by atoms with E-state index in [1.54, 1.807) is 0 Å². The van der Waals surface area contributed by atoms with Gasteiger partial charge in [-0.25, -0.2) is 0 Å². The number of hydrogen-bond acceptors (Lipinski definition) is 2. The molecule has 0 saturated heterocycles. The Morgan fingerprint density at radius 3 is 2.59 bits per heavy atom. The van der Waals surface area contributed by atoms with Crippen LogP contribution >= 0.6 is 23.8 Å². The largest absolute Gasteiger partial charge is 0.351 e. The molecule has 1 heterocycles. The van der Waals surface area contributed by atoms with Crippen LogP contribution in [0, 0.1) is 0 Å². The maximum Gasteiger partial charge on any atom is 0.210 e. The van der Waals surface area contributed by atoms with E-state index in [4.69, 9.17) is 23.8 Å². The van der Waals surface area contributed by atoms with Gasteiger partial charge in [0.25, 0.3) is 0 Å². The van der Waals surface area contributed by atoms with Gasteiger partial charge in [-0.15, -0.1) is 0 Å². The zero-order valence-electron chi connectivity index (χ0n) is 11.4. The first-order valence-electron chi connectivity index (χ1n) is 6.86. The van der Waals surface area contributed by atoms with Crippen molar-refractivity contribution in [3.05, 3.63) is 75.9 Å². The average molecular weight is 327 g/mol. The Labute approximate surface area is 138 Å². The molecule has 0 bridgehead atoms. The van der Waals surface area contributed by atoms with Crippen LogP contribution in [0.2, 0.25) is 5.02 Å². The van der Waals surface area contributed by atoms with Gasteiger partial charge in [-0.1, -0.05) is 48.0 Å². The predicted octanol–water partition coefficient (Wildman–Crippen LogP) is 3.47. The van der Waals surface area contributed by atoms with Gasteiger partial charge in [-0.05, 0) is 35.5 Å². The number of ketones is 1. The lowest BCUT2D eigenvalue weighted by Gasteiger charge is -2.29. The van der Waals surface area contributed by atoms with Gasteiger partial charge in [0.1, 0.15) is 0 Å². The highest BCUT2D eigenvalue weighted by atomic mass is 35.5. The smallest absolute Gasteiger partial charge is 0.210 e. The van der Waals surface area contributed by atoms with E-state index < -0.39 is 0 Å². The molecule has 0 aromatic heterocycles. The van der Waals surface area contributed by atoms with Crippen molar-refractivity contribution in [3.63, 3.8) is 0 Å². The van der Waals surface area contributed by atoms with E-state index in [1.807, 2.05) is 48.5 Å². The highest BCUT2D eigenvalue weighted by Crippen LogP contribution is 2.41. The molecule has 0 amide bonds. The molecule has 5 heteroatoms. The molecule has 22 heavy (non-hydrogen) atoms. The fourth-order valence-corrected chi connectivity index (χ4v) is 3.44. The molecule has 1 atom stereocenters. The number of halogens is 1. The second-order valence-corrected chi connectivity index (χ2v) is 6.09. The number of benzene rings is 2. The van der Waals surface area contributed by atoms with Gasteiger partial charge >= 0.3 is 0 Å². The van der Waals surface area contributed by atoms with Crippen LogP contribution in [0.4, 0.5) is 0 Å². The van der Waals surface area contributed by atoms with Crippen LogP contribution < -0.4 is 10.6 Å². The first-order chi connectivity index (χ1) is 10.6. The van der Waals surface area contributed by atoms with Gasteiger partial charge in [-0.3, -0.25) is 4.79 Å². The summed E-state index contributed by atoms with van der Waals surface area (Å²) in [5, 5.41) is 7.36. The van der Waals surface area contributed by atoms with Crippen LogP contribution in [0.15, 0.2) is 54.2 Å². The van der Waals surface area contributed by atoms with Crippen molar-refractivity contribution in [2.45, 2.75) is 6.04 Å². The van der Waals surface area contributed by atoms with Crippen molar-refractivity contribution in [1.29, 1.82) is 0 Å². The number of hydrogen-bond donors (Lipinski definition) is 2. The molecule has 1 aliphatic carbocycles. The van der Waals surface area contributed by atoms with Gasteiger partial charge in [0.05, 0.1) is 11.7 Å². The van der Waals surface area contributed by atoms with E-state index in [1.165, 1.54) is 0 Å². The van der Waals surface area contributed by atoms with Gasteiger partial charge in [0.2, 0.25) is 5.78 Å². The lowest BCUT2D eigenvalue weighted by atomic mass is 9.93. The zero-order chi connectivity index (χ0) is 15.3. The summed E-state index contributed by atoms with van der Waals surface area (Å²) in [5.74, 6) is -0.0125. The minimum absolute atomic E-state index is 0.0125. The molecule has 3 nitrogen and oxygen atoms in total. The molecule has 0 spiro atoms. The summed E-state index contributed by atoms with van der Waals surface area (Å²) in [6.07, 6.45) is 0. The van der Waals surface area contributed by atoms with Gasteiger partial charge in [-0.2, -0.15) is 0 Å².